The van der Waals surface area contributed by atoms with E-state index in [1.54, 1.807) is 0 Å². The molecule has 122 valence electrons. The Hall–Kier alpha value is -0.570. The third-order valence-electron chi connectivity index (χ3n) is 7.60. The summed E-state index contributed by atoms with van der Waals surface area (Å²) in [7, 11) is 0. The van der Waals surface area contributed by atoms with Crippen molar-refractivity contribution in [3.05, 3.63) is 0 Å². The maximum atomic E-state index is 13.4. The fourth-order valence-electron chi connectivity index (χ4n) is 7.04. The number of carbonyl (C=O) groups excluding carboxylic acids is 1. The molecule has 0 aromatic heterocycles. The fraction of sp³-hybridized carbons (Fsp3) is 0.947. The van der Waals surface area contributed by atoms with Crippen LogP contribution in [-0.4, -0.2) is 47.9 Å². The minimum Gasteiger partial charge on any atom is -0.341 e. The van der Waals surface area contributed by atoms with Gasteiger partial charge in [0, 0.05) is 19.1 Å². The number of hydrogen-bond acceptors (Lipinski definition) is 2. The molecule has 2 heterocycles. The molecule has 0 N–H and O–H groups in total. The van der Waals surface area contributed by atoms with E-state index in [1.165, 1.54) is 70.9 Å². The van der Waals surface area contributed by atoms with Crippen molar-refractivity contribution >= 4 is 5.91 Å². The van der Waals surface area contributed by atoms with Gasteiger partial charge >= 0.3 is 0 Å². The maximum Gasteiger partial charge on any atom is 0.228 e. The summed E-state index contributed by atoms with van der Waals surface area (Å²) in [6, 6.07) is 0.667. The van der Waals surface area contributed by atoms with Gasteiger partial charge in [-0.25, -0.2) is 0 Å². The largest absolute Gasteiger partial charge is 0.341 e. The third-order valence-corrected chi connectivity index (χ3v) is 7.60. The van der Waals surface area contributed by atoms with Gasteiger partial charge < -0.3 is 4.90 Å². The summed E-state index contributed by atoms with van der Waals surface area (Å²) in [5.41, 5.74) is 0.0780. The molecule has 22 heavy (non-hydrogen) atoms. The van der Waals surface area contributed by atoms with Gasteiger partial charge in [-0.2, -0.15) is 0 Å². The van der Waals surface area contributed by atoms with Crippen molar-refractivity contribution < 1.29 is 4.79 Å². The fourth-order valence-corrected chi connectivity index (χ4v) is 7.04. The van der Waals surface area contributed by atoms with E-state index >= 15 is 0 Å². The van der Waals surface area contributed by atoms with Gasteiger partial charge in [-0.15, -0.1) is 0 Å². The second kappa shape index (κ2) is 4.96. The molecule has 0 aromatic carbocycles. The second-order valence-electron chi connectivity index (χ2n) is 9.13. The zero-order chi connectivity index (χ0) is 14.7. The zero-order valence-electron chi connectivity index (χ0n) is 13.8. The van der Waals surface area contributed by atoms with Crippen molar-refractivity contribution in [1.29, 1.82) is 0 Å². The summed E-state index contributed by atoms with van der Waals surface area (Å²) in [5.74, 6) is 3.21. The van der Waals surface area contributed by atoms with Crippen LogP contribution in [-0.2, 0) is 4.79 Å². The number of amides is 1. The second-order valence-corrected chi connectivity index (χ2v) is 9.13. The van der Waals surface area contributed by atoms with Crippen LogP contribution in [0, 0.1) is 23.2 Å². The SMILES string of the molecule is O=C(N1CCC(N2CCCC2)C1)C12CC3CC(CC(C3)C1)C2. The van der Waals surface area contributed by atoms with Gasteiger partial charge in [-0.3, -0.25) is 9.69 Å². The highest BCUT2D eigenvalue weighted by molar-refractivity contribution is 5.83. The molecular weight excluding hydrogens is 272 g/mol. The summed E-state index contributed by atoms with van der Waals surface area (Å²) in [4.78, 5) is 18.3. The highest BCUT2D eigenvalue weighted by Gasteiger charge is 2.56. The molecule has 0 spiro atoms. The normalized spacial score (nSPS) is 47.5. The minimum atomic E-state index is 0.0780. The molecule has 4 saturated carbocycles. The predicted octanol–water partition coefficient (Wildman–Crippen LogP) is 2.90. The van der Waals surface area contributed by atoms with Gasteiger partial charge in [0.25, 0.3) is 0 Å². The minimum absolute atomic E-state index is 0.0780. The maximum absolute atomic E-state index is 13.4. The first kappa shape index (κ1) is 13.8. The molecule has 1 atom stereocenters. The van der Waals surface area contributed by atoms with Gasteiger partial charge in [-0.1, -0.05) is 0 Å². The van der Waals surface area contributed by atoms with Crippen LogP contribution in [0.1, 0.15) is 57.8 Å². The smallest absolute Gasteiger partial charge is 0.228 e. The van der Waals surface area contributed by atoms with E-state index in [4.69, 9.17) is 0 Å². The van der Waals surface area contributed by atoms with Gasteiger partial charge in [0.2, 0.25) is 5.91 Å². The molecule has 1 unspecified atom stereocenters. The Morgan fingerprint density at radius 3 is 2.05 bits per heavy atom. The Morgan fingerprint density at radius 1 is 0.864 bits per heavy atom. The number of likely N-dealkylation sites (tertiary alicyclic amines) is 2. The van der Waals surface area contributed by atoms with Crippen LogP contribution in [0.2, 0.25) is 0 Å². The number of nitrogens with zero attached hydrogens (tertiary/aromatic N) is 2. The molecular formula is C19H30N2O. The lowest BCUT2D eigenvalue weighted by Crippen LogP contribution is -2.54. The highest BCUT2D eigenvalue weighted by Crippen LogP contribution is 2.60. The molecule has 2 saturated heterocycles. The Kier molecular flexibility index (Phi) is 3.12. The molecule has 6 rings (SSSR count). The van der Waals surface area contributed by atoms with E-state index in [0.717, 1.165) is 30.8 Å². The van der Waals surface area contributed by atoms with Crippen molar-refractivity contribution in [3.8, 4) is 0 Å². The first-order chi connectivity index (χ1) is 10.7. The van der Waals surface area contributed by atoms with Crippen molar-refractivity contribution in [2.24, 2.45) is 23.2 Å². The van der Waals surface area contributed by atoms with Gasteiger partial charge in [-0.05, 0) is 88.6 Å². The molecule has 3 heteroatoms. The molecule has 1 amide bonds. The molecule has 4 bridgehead atoms. The number of rotatable bonds is 2. The quantitative estimate of drug-likeness (QED) is 0.783. The molecule has 2 aliphatic heterocycles. The molecule has 6 aliphatic rings. The topological polar surface area (TPSA) is 23.6 Å². The molecule has 0 radical (unpaired) electrons. The first-order valence-electron chi connectivity index (χ1n) is 9.75. The molecule has 3 nitrogen and oxygen atoms in total. The van der Waals surface area contributed by atoms with E-state index in [2.05, 4.69) is 9.80 Å². The molecule has 4 aliphatic carbocycles. The van der Waals surface area contributed by atoms with Gasteiger partial charge in [0.05, 0.1) is 5.41 Å². The average Bonchev–Trinajstić information content (AvgIpc) is 3.16. The lowest BCUT2D eigenvalue weighted by Gasteiger charge is -2.56. The predicted molar refractivity (Wildman–Crippen MR) is 86.4 cm³/mol. The zero-order valence-corrected chi connectivity index (χ0v) is 13.8. The summed E-state index contributed by atoms with van der Waals surface area (Å²) in [6.45, 7) is 4.59. The van der Waals surface area contributed by atoms with Crippen LogP contribution in [0.5, 0.6) is 0 Å². The van der Waals surface area contributed by atoms with E-state index in [1.807, 2.05) is 0 Å². The lowest BCUT2D eigenvalue weighted by molar-refractivity contribution is -0.156. The first-order valence-corrected chi connectivity index (χ1v) is 9.75. The summed E-state index contributed by atoms with van der Waals surface area (Å²) < 4.78 is 0. The van der Waals surface area contributed by atoms with Crippen LogP contribution in [0.4, 0.5) is 0 Å². The van der Waals surface area contributed by atoms with Crippen LogP contribution < -0.4 is 0 Å². The third kappa shape index (κ3) is 2.07. The summed E-state index contributed by atoms with van der Waals surface area (Å²) >= 11 is 0. The van der Waals surface area contributed by atoms with Gasteiger partial charge in [0.1, 0.15) is 0 Å². The summed E-state index contributed by atoms with van der Waals surface area (Å²) in [6.07, 6.45) is 11.9. The van der Waals surface area contributed by atoms with Crippen molar-refractivity contribution in [2.75, 3.05) is 26.2 Å². The standard InChI is InChI=1S/C19H30N2O/c22-18(21-6-3-17(13-21)20-4-1-2-5-20)19-10-14-7-15(11-19)9-16(8-14)12-19/h14-17H,1-13H2. The Labute approximate surface area is 134 Å². The average molecular weight is 302 g/mol. The van der Waals surface area contributed by atoms with Crippen LogP contribution >= 0.6 is 0 Å². The van der Waals surface area contributed by atoms with Crippen LogP contribution in [0.25, 0.3) is 0 Å². The van der Waals surface area contributed by atoms with Gasteiger partial charge in [0.15, 0.2) is 0 Å². The number of carbonyl (C=O) groups is 1. The lowest BCUT2D eigenvalue weighted by atomic mass is 9.49. The van der Waals surface area contributed by atoms with Crippen LogP contribution in [0.3, 0.4) is 0 Å². The van der Waals surface area contributed by atoms with Crippen LogP contribution in [0.15, 0.2) is 0 Å². The van der Waals surface area contributed by atoms with E-state index in [-0.39, 0.29) is 5.41 Å². The van der Waals surface area contributed by atoms with Crippen molar-refractivity contribution in [2.45, 2.75) is 63.8 Å². The van der Waals surface area contributed by atoms with E-state index in [0.29, 0.717) is 11.9 Å². The van der Waals surface area contributed by atoms with Crippen molar-refractivity contribution in [1.82, 2.24) is 9.80 Å². The summed E-state index contributed by atoms with van der Waals surface area (Å²) in [5, 5.41) is 0. The van der Waals surface area contributed by atoms with Crippen molar-refractivity contribution in [3.63, 3.8) is 0 Å². The monoisotopic (exact) mass is 302 g/mol. The Bertz CT molecular complexity index is 433. The van der Waals surface area contributed by atoms with E-state index in [9.17, 15) is 4.79 Å². The molecule has 0 aromatic rings. The Morgan fingerprint density at radius 2 is 1.45 bits per heavy atom. The molecule has 6 fully saturated rings. The van der Waals surface area contributed by atoms with E-state index < -0.39 is 0 Å². The number of hydrogen-bond donors (Lipinski definition) is 0. The Balaban J connectivity index is 1.30. The highest BCUT2D eigenvalue weighted by atomic mass is 16.2.